The van der Waals surface area contributed by atoms with Crippen LogP contribution in [0.5, 0.6) is 11.5 Å². The molecule has 4 aliphatic rings. The van der Waals surface area contributed by atoms with Crippen LogP contribution in [0.15, 0.2) is 30.3 Å². The number of carbonyl (C=O) groups excluding carboxylic acids is 1. The Bertz CT molecular complexity index is 1160. The SMILES string of the molecule is O=CC1C=Cc2ccc(F)c3c2N1C[C@H]3CN1CCC(NCc2ccc3c(c2F)OCCO3)CC1. The summed E-state index contributed by atoms with van der Waals surface area (Å²) in [5.74, 6) is 0.172. The van der Waals surface area contributed by atoms with E-state index in [1.165, 1.54) is 0 Å². The standard InChI is InChI=1S/C27H29F2N3O3/c28-22-5-2-17-1-4-21(16-33)32-15-19(24(22)26(17)32)14-31-9-7-20(8-10-31)30-13-18-3-6-23-27(25(18)29)35-12-11-34-23/h1-6,16,19-21,30H,7-15H2/t19-,21?/m1/s1. The molecule has 1 saturated heterocycles. The summed E-state index contributed by atoms with van der Waals surface area (Å²) in [6, 6.07) is 6.83. The van der Waals surface area contributed by atoms with Crippen LogP contribution in [-0.2, 0) is 11.3 Å². The highest BCUT2D eigenvalue weighted by Gasteiger charge is 2.38. The average molecular weight is 482 g/mol. The Labute approximate surface area is 203 Å². The van der Waals surface area contributed by atoms with Crippen molar-refractivity contribution in [1.29, 1.82) is 0 Å². The van der Waals surface area contributed by atoms with Crippen molar-refractivity contribution in [1.82, 2.24) is 10.2 Å². The number of rotatable bonds is 6. The molecule has 0 amide bonds. The van der Waals surface area contributed by atoms with E-state index in [4.69, 9.17) is 9.47 Å². The van der Waals surface area contributed by atoms with Crippen molar-refractivity contribution >= 4 is 18.0 Å². The van der Waals surface area contributed by atoms with Crippen LogP contribution in [-0.4, -0.2) is 62.7 Å². The van der Waals surface area contributed by atoms with Crippen LogP contribution in [0.1, 0.15) is 35.4 Å². The summed E-state index contributed by atoms with van der Waals surface area (Å²) in [4.78, 5) is 16.0. The molecule has 0 radical (unpaired) electrons. The smallest absolute Gasteiger partial charge is 0.197 e. The number of hydrogen-bond acceptors (Lipinski definition) is 6. The van der Waals surface area contributed by atoms with Crippen molar-refractivity contribution in [2.75, 3.05) is 44.3 Å². The third-order valence-corrected chi connectivity index (χ3v) is 7.66. The van der Waals surface area contributed by atoms with Gasteiger partial charge in [0.25, 0.3) is 0 Å². The largest absolute Gasteiger partial charge is 0.486 e. The van der Waals surface area contributed by atoms with Crippen LogP contribution in [0, 0.1) is 11.6 Å². The molecule has 2 aromatic carbocycles. The number of piperidine rings is 1. The summed E-state index contributed by atoms with van der Waals surface area (Å²) in [6.07, 6.45) is 6.63. The number of halogens is 2. The summed E-state index contributed by atoms with van der Waals surface area (Å²) >= 11 is 0. The molecule has 1 unspecified atom stereocenters. The lowest BCUT2D eigenvalue weighted by atomic mass is 9.95. The Morgan fingerprint density at radius 1 is 1.09 bits per heavy atom. The number of carbonyl (C=O) groups is 1. The zero-order valence-corrected chi connectivity index (χ0v) is 19.5. The molecule has 35 heavy (non-hydrogen) atoms. The second kappa shape index (κ2) is 9.24. The van der Waals surface area contributed by atoms with Crippen molar-refractivity contribution in [3.63, 3.8) is 0 Å². The fraction of sp³-hybridized carbons (Fsp3) is 0.444. The molecule has 2 atom stereocenters. The number of anilines is 1. The van der Waals surface area contributed by atoms with Crippen LogP contribution in [0.2, 0.25) is 0 Å². The van der Waals surface area contributed by atoms with Gasteiger partial charge in [0.05, 0.1) is 5.69 Å². The molecule has 0 bridgehead atoms. The maximum atomic E-state index is 14.9. The van der Waals surface area contributed by atoms with Gasteiger partial charge in [-0.25, -0.2) is 8.78 Å². The van der Waals surface area contributed by atoms with Gasteiger partial charge in [-0.15, -0.1) is 0 Å². The Morgan fingerprint density at radius 2 is 1.91 bits per heavy atom. The third kappa shape index (κ3) is 4.08. The minimum absolute atomic E-state index is 0.0311. The number of nitrogens with zero attached hydrogens (tertiary/aromatic N) is 2. The predicted octanol–water partition coefficient (Wildman–Crippen LogP) is 3.49. The van der Waals surface area contributed by atoms with Crippen molar-refractivity contribution in [3.05, 3.63) is 58.7 Å². The zero-order chi connectivity index (χ0) is 23.9. The first-order valence-corrected chi connectivity index (χ1v) is 12.4. The molecule has 0 saturated carbocycles. The first kappa shape index (κ1) is 22.5. The predicted molar refractivity (Wildman–Crippen MR) is 129 cm³/mol. The van der Waals surface area contributed by atoms with Gasteiger partial charge in [-0.2, -0.15) is 0 Å². The van der Waals surface area contributed by atoms with E-state index in [-0.39, 0.29) is 29.3 Å². The third-order valence-electron chi connectivity index (χ3n) is 7.66. The minimum Gasteiger partial charge on any atom is -0.486 e. The van der Waals surface area contributed by atoms with Gasteiger partial charge < -0.3 is 29.4 Å². The van der Waals surface area contributed by atoms with Crippen LogP contribution in [0.4, 0.5) is 14.5 Å². The van der Waals surface area contributed by atoms with Crippen LogP contribution >= 0.6 is 0 Å². The molecule has 2 aromatic rings. The van der Waals surface area contributed by atoms with Crippen molar-refractivity contribution in [2.45, 2.75) is 37.4 Å². The number of likely N-dealkylation sites (tertiary alicyclic amines) is 1. The molecule has 184 valence electrons. The quantitative estimate of drug-likeness (QED) is 0.638. The fourth-order valence-electron chi connectivity index (χ4n) is 5.85. The van der Waals surface area contributed by atoms with E-state index in [0.29, 0.717) is 43.7 Å². The first-order chi connectivity index (χ1) is 17.1. The summed E-state index contributed by atoms with van der Waals surface area (Å²) in [5.41, 5.74) is 3.19. The number of benzene rings is 2. The summed E-state index contributed by atoms with van der Waals surface area (Å²) in [6.45, 7) is 4.44. The lowest BCUT2D eigenvalue weighted by Crippen LogP contribution is -2.44. The van der Waals surface area contributed by atoms with E-state index in [0.717, 1.165) is 55.6 Å². The number of ether oxygens (including phenoxy) is 2. The molecular formula is C27H29F2N3O3. The summed E-state index contributed by atoms with van der Waals surface area (Å²) in [7, 11) is 0. The number of fused-ring (bicyclic) bond motifs is 1. The lowest BCUT2D eigenvalue weighted by molar-refractivity contribution is -0.108. The van der Waals surface area contributed by atoms with Gasteiger partial charge in [0.15, 0.2) is 17.3 Å². The van der Waals surface area contributed by atoms with E-state index in [2.05, 4.69) is 10.2 Å². The molecule has 8 heteroatoms. The van der Waals surface area contributed by atoms with E-state index >= 15 is 0 Å². The van der Waals surface area contributed by atoms with Gasteiger partial charge in [0.2, 0.25) is 0 Å². The van der Waals surface area contributed by atoms with Crippen LogP contribution in [0.25, 0.3) is 6.08 Å². The minimum atomic E-state index is -0.349. The van der Waals surface area contributed by atoms with Crippen molar-refractivity contribution in [2.24, 2.45) is 0 Å². The molecule has 0 aromatic heterocycles. The average Bonchev–Trinajstić information content (AvgIpc) is 3.27. The van der Waals surface area contributed by atoms with E-state index in [9.17, 15) is 13.6 Å². The topological polar surface area (TPSA) is 54.0 Å². The molecule has 1 fully saturated rings. The molecule has 6 nitrogen and oxygen atoms in total. The number of hydrogen-bond donors (Lipinski definition) is 1. The molecule has 1 N–H and O–H groups in total. The highest BCUT2D eigenvalue weighted by Crippen LogP contribution is 2.44. The molecule has 0 spiro atoms. The van der Waals surface area contributed by atoms with Gasteiger partial charge in [-0.1, -0.05) is 18.2 Å². The van der Waals surface area contributed by atoms with E-state index in [1.54, 1.807) is 24.3 Å². The highest BCUT2D eigenvalue weighted by atomic mass is 19.1. The lowest BCUT2D eigenvalue weighted by Gasteiger charge is -2.34. The Hall–Kier alpha value is -2.97. The molecular weight excluding hydrogens is 452 g/mol. The van der Waals surface area contributed by atoms with Gasteiger partial charge >= 0.3 is 0 Å². The van der Waals surface area contributed by atoms with Crippen LogP contribution in [0.3, 0.4) is 0 Å². The summed E-state index contributed by atoms with van der Waals surface area (Å²) in [5, 5.41) is 3.49. The summed E-state index contributed by atoms with van der Waals surface area (Å²) < 4.78 is 40.6. The van der Waals surface area contributed by atoms with Gasteiger partial charge in [0.1, 0.15) is 31.4 Å². The van der Waals surface area contributed by atoms with E-state index < -0.39 is 0 Å². The van der Waals surface area contributed by atoms with Crippen molar-refractivity contribution in [3.8, 4) is 11.5 Å². The Morgan fingerprint density at radius 3 is 2.74 bits per heavy atom. The van der Waals surface area contributed by atoms with Gasteiger partial charge in [-0.3, -0.25) is 0 Å². The number of nitrogens with one attached hydrogen (secondary N) is 1. The Kier molecular flexibility index (Phi) is 5.94. The molecule has 4 heterocycles. The zero-order valence-electron chi connectivity index (χ0n) is 19.5. The number of aldehydes is 1. The highest BCUT2D eigenvalue weighted by molar-refractivity contribution is 5.84. The second-order valence-electron chi connectivity index (χ2n) is 9.75. The van der Waals surface area contributed by atoms with Crippen molar-refractivity contribution < 1.29 is 23.0 Å². The Balaban J connectivity index is 1.06. The first-order valence-electron chi connectivity index (χ1n) is 12.4. The molecule has 4 aliphatic heterocycles. The van der Waals surface area contributed by atoms with Gasteiger partial charge in [-0.05, 0) is 49.7 Å². The molecule has 6 rings (SSSR count). The maximum Gasteiger partial charge on any atom is 0.197 e. The van der Waals surface area contributed by atoms with E-state index in [1.807, 2.05) is 17.1 Å². The van der Waals surface area contributed by atoms with Gasteiger partial charge in [0, 0.05) is 42.7 Å². The monoisotopic (exact) mass is 481 g/mol. The maximum absolute atomic E-state index is 14.9. The normalized spacial score (nSPS) is 23.4. The van der Waals surface area contributed by atoms with Crippen LogP contribution < -0.4 is 19.7 Å². The second-order valence-corrected chi connectivity index (χ2v) is 9.75. The fourth-order valence-corrected chi connectivity index (χ4v) is 5.85. The molecule has 0 aliphatic carbocycles.